The summed E-state index contributed by atoms with van der Waals surface area (Å²) in [5.41, 5.74) is 0. The number of rotatable bonds is 2. The number of morpholine rings is 1. The Labute approximate surface area is 95.8 Å². The Morgan fingerprint density at radius 3 is 2.38 bits per heavy atom. The molecule has 5 heteroatoms. The molecule has 1 aliphatic carbocycles. The fraction of sp³-hybridized carbons (Fsp3) is 0.909. The van der Waals surface area contributed by atoms with Gasteiger partial charge in [0.25, 0.3) is 0 Å². The molecule has 2 aliphatic rings. The molecule has 0 aromatic carbocycles. The molecule has 92 valence electrons. The summed E-state index contributed by atoms with van der Waals surface area (Å²) in [4.78, 5) is 13.0. The van der Waals surface area contributed by atoms with Gasteiger partial charge in [-0.25, -0.2) is 4.79 Å². The van der Waals surface area contributed by atoms with E-state index in [2.05, 4.69) is 10.2 Å². The summed E-state index contributed by atoms with van der Waals surface area (Å²) in [6.45, 7) is 3.74. The van der Waals surface area contributed by atoms with Gasteiger partial charge in [-0.15, -0.1) is 0 Å². The average Bonchev–Trinajstić information content (AvgIpc) is 2.30. The van der Waals surface area contributed by atoms with Gasteiger partial charge in [-0.3, -0.25) is 4.90 Å². The number of hydrogen-bond acceptors (Lipinski definition) is 3. The molecule has 0 aromatic heterocycles. The second-order valence-corrected chi connectivity index (χ2v) is 4.60. The quantitative estimate of drug-likeness (QED) is 0.737. The van der Waals surface area contributed by atoms with E-state index in [1.165, 1.54) is 0 Å². The molecule has 1 amide bonds. The van der Waals surface area contributed by atoms with Crippen molar-refractivity contribution in [1.29, 1.82) is 0 Å². The van der Waals surface area contributed by atoms with E-state index in [1.807, 2.05) is 0 Å². The Morgan fingerprint density at radius 1 is 1.19 bits per heavy atom. The topological polar surface area (TPSA) is 61.8 Å². The molecule has 1 heterocycles. The van der Waals surface area contributed by atoms with Crippen LogP contribution in [-0.4, -0.2) is 54.5 Å². The van der Waals surface area contributed by atoms with Crippen LogP contribution in [0.5, 0.6) is 0 Å². The predicted octanol–water partition coefficient (Wildman–Crippen LogP) is 0.897. The van der Waals surface area contributed by atoms with Gasteiger partial charge in [0.05, 0.1) is 13.2 Å². The molecule has 0 atom stereocenters. The minimum Gasteiger partial charge on any atom is -0.465 e. The minimum absolute atomic E-state index is 0.162. The van der Waals surface area contributed by atoms with Gasteiger partial charge in [0, 0.05) is 25.2 Å². The summed E-state index contributed by atoms with van der Waals surface area (Å²) in [5, 5.41) is 11.2. The first-order chi connectivity index (χ1) is 7.75. The van der Waals surface area contributed by atoms with Gasteiger partial charge < -0.3 is 15.2 Å². The van der Waals surface area contributed by atoms with Gasteiger partial charge in [-0.1, -0.05) is 0 Å². The van der Waals surface area contributed by atoms with E-state index < -0.39 is 6.09 Å². The summed E-state index contributed by atoms with van der Waals surface area (Å²) in [6.07, 6.45) is 3.24. The van der Waals surface area contributed by atoms with Crippen LogP contribution in [0, 0.1) is 0 Å². The van der Waals surface area contributed by atoms with Gasteiger partial charge in [-0.05, 0) is 25.7 Å². The molecule has 0 aromatic rings. The molecule has 2 rings (SSSR count). The number of nitrogens with one attached hydrogen (secondary N) is 1. The van der Waals surface area contributed by atoms with E-state index in [9.17, 15) is 4.79 Å². The smallest absolute Gasteiger partial charge is 0.404 e. The van der Waals surface area contributed by atoms with Gasteiger partial charge in [0.1, 0.15) is 0 Å². The van der Waals surface area contributed by atoms with Crippen molar-refractivity contribution in [3.63, 3.8) is 0 Å². The third kappa shape index (κ3) is 3.09. The van der Waals surface area contributed by atoms with Crippen molar-refractivity contribution in [1.82, 2.24) is 10.2 Å². The van der Waals surface area contributed by atoms with E-state index in [0.717, 1.165) is 52.0 Å². The molecule has 16 heavy (non-hydrogen) atoms. The fourth-order valence-electron chi connectivity index (χ4n) is 2.70. The predicted molar refractivity (Wildman–Crippen MR) is 59.6 cm³/mol. The summed E-state index contributed by atoms with van der Waals surface area (Å²) in [6, 6.07) is 0.797. The first-order valence-electron chi connectivity index (χ1n) is 6.07. The lowest BCUT2D eigenvalue weighted by molar-refractivity contribution is 0.00669. The highest BCUT2D eigenvalue weighted by Crippen LogP contribution is 2.23. The minimum atomic E-state index is -0.894. The Bertz CT molecular complexity index is 233. The lowest BCUT2D eigenvalue weighted by Gasteiger charge is -2.38. The number of ether oxygens (including phenoxy) is 1. The third-order valence-electron chi connectivity index (χ3n) is 3.59. The number of nitrogens with zero attached hydrogens (tertiary/aromatic N) is 1. The van der Waals surface area contributed by atoms with Gasteiger partial charge in [0.15, 0.2) is 0 Å². The zero-order chi connectivity index (χ0) is 11.4. The van der Waals surface area contributed by atoms with Crippen LogP contribution in [0.2, 0.25) is 0 Å². The maximum absolute atomic E-state index is 10.5. The van der Waals surface area contributed by atoms with Crippen molar-refractivity contribution in [3.8, 4) is 0 Å². The summed E-state index contributed by atoms with van der Waals surface area (Å²) >= 11 is 0. The van der Waals surface area contributed by atoms with Crippen LogP contribution >= 0.6 is 0 Å². The molecule has 2 fully saturated rings. The van der Waals surface area contributed by atoms with Crippen LogP contribution in [-0.2, 0) is 4.74 Å². The van der Waals surface area contributed by atoms with Crippen LogP contribution < -0.4 is 5.32 Å². The molecule has 1 saturated carbocycles. The van der Waals surface area contributed by atoms with Gasteiger partial charge in [-0.2, -0.15) is 0 Å². The summed E-state index contributed by atoms with van der Waals surface area (Å²) in [7, 11) is 0. The van der Waals surface area contributed by atoms with Crippen molar-refractivity contribution in [2.75, 3.05) is 26.3 Å². The SMILES string of the molecule is O=C(O)NC1CCC(N2CCOCC2)CC1. The highest BCUT2D eigenvalue weighted by Gasteiger charge is 2.27. The first-order valence-corrected chi connectivity index (χ1v) is 6.07. The third-order valence-corrected chi connectivity index (χ3v) is 3.59. The Balaban J connectivity index is 1.73. The van der Waals surface area contributed by atoms with Gasteiger partial charge >= 0.3 is 6.09 Å². The van der Waals surface area contributed by atoms with Crippen molar-refractivity contribution in [2.24, 2.45) is 0 Å². The van der Waals surface area contributed by atoms with Crippen molar-refractivity contribution >= 4 is 6.09 Å². The lowest BCUT2D eigenvalue weighted by atomic mass is 9.90. The normalized spacial score (nSPS) is 32.2. The average molecular weight is 228 g/mol. The molecular weight excluding hydrogens is 208 g/mol. The van der Waals surface area contributed by atoms with E-state index in [1.54, 1.807) is 0 Å². The fourth-order valence-corrected chi connectivity index (χ4v) is 2.70. The standard InChI is InChI=1S/C11H20N2O3/c14-11(15)12-9-1-3-10(4-2-9)13-5-7-16-8-6-13/h9-10,12H,1-8H2,(H,14,15). The second kappa shape index (κ2) is 5.50. The number of carboxylic acid groups (broad SMARTS) is 1. The molecule has 0 bridgehead atoms. The highest BCUT2D eigenvalue weighted by atomic mass is 16.5. The molecule has 0 radical (unpaired) electrons. The van der Waals surface area contributed by atoms with E-state index >= 15 is 0 Å². The van der Waals surface area contributed by atoms with Crippen LogP contribution in [0.4, 0.5) is 4.79 Å². The van der Waals surface area contributed by atoms with E-state index in [4.69, 9.17) is 9.84 Å². The van der Waals surface area contributed by atoms with E-state index in [-0.39, 0.29) is 6.04 Å². The molecule has 1 aliphatic heterocycles. The largest absolute Gasteiger partial charge is 0.465 e. The monoisotopic (exact) mass is 228 g/mol. The van der Waals surface area contributed by atoms with Crippen molar-refractivity contribution in [3.05, 3.63) is 0 Å². The lowest BCUT2D eigenvalue weighted by Crippen LogP contribution is -2.47. The Morgan fingerprint density at radius 2 is 1.81 bits per heavy atom. The highest BCUT2D eigenvalue weighted by molar-refractivity contribution is 5.64. The first kappa shape index (κ1) is 11.7. The van der Waals surface area contributed by atoms with Crippen molar-refractivity contribution < 1.29 is 14.6 Å². The Hall–Kier alpha value is -0.810. The number of hydrogen-bond donors (Lipinski definition) is 2. The van der Waals surface area contributed by atoms with Gasteiger partial charge in [0.2, 0.25) is 0 Å². The maximum Gasteiger partial charge on any atom is 0.404 e. The molecule has 2 N–H and O–H groups in total. The van der Waals surface area contributed by atoms with Crippen LogP contribution in [0.3, 0.4) is 0 Å². The molecule has 0 spiro atoms. The Kier molecular flexibility index (Phi) is 4.01. The number of carbonyl (C=O) groups is 1. The molecule has 1 saturated heterocycles. The van der Waals surface area contributed by atoms with E-state index in [0.29, 0.717) is 6.04 Å². The molecular formula is C11H20N2O3. The summed E-state index contributed by atoms with van der Waals surface area (Å²) in [5.74, 6) is 0. The molecule has 0 unspecified atom stereocenters. The zero-order valence-electron chi connectivity index (χ0n) is 9.52. The van der Waals surface area contributed by atoms with Crippen molar-refractivity contribution in [2.45, 2.75) is 37.8 Å². The zero-order valence-corrected chi connectivity index (χ0v) is 9.52. The summed E-state index contributed by atoms with van der Waals surface area (Å²) < 4.78 is 5.33. The second-order valence-electron chi connectivity index (χ2n) is 4.60. The van der Waals surface area contributed by atoms with Crippen LogP contribution in [0.25, 0.3) is 0 Å². The van der Waals surface area contributed by atoms with Crippen LogP contribution in [0.1, 0.15) is 25.7 Å². The molecule has 5 nitrogen and oxygen atoms in total. The number of amides is 1. The maximum atomic E-state index is 10.5. The van der Waals surface area contributed by atoms with Crippen LogP contribution in [0.15, 0.2) is 0 Å².